The molecule has 156 valence electrons. The summed E-state index contributed by atoms with van der Waals surface area (Å²) in [5.74, 6) is 5.33. The zero-order valence-electron chi connectivity index (χ0n) is 17.6. The van der Waals surface area contributed by atoms with Gasteiger partial charge in [-0.3, -0.25) is 0 Å². The zero-order valence-corrected chi connectivity index (χ0v) is 17.6. The molecule has 1 N–H and O–H groups in total. The van der Waals surface area contributed by atoms with Gasteiger partial charge in [-0.2, -0.15) is 0 Å². The SMILES string of the molecule is c1ccc(Oc2ccc3c(c2)[C@H]2OCCC[C@H]2[C@@H](C24CC5CC(CC2C5)C4)N3)cc1. The van der Waals surface area contributed by atoms with Crippen LogP contribution in [0.5, 0.6) is 11.5 Å². The van der Waals surface area contributed by atoms with Gasteiger partial charge in [0.25, 0.3) is 0 Å². The average molecular weight is 402 g/mol. The van der Waals surface area contributed by atoms with Crippen LogP contribution < -0.4 is 10.1 Å². The van der Waals surface area contributed by atoms with Gasteiger partial charge in [-0.1, -0.05) is 18.2 Å². The van der Waals surface area contributed by atoms with Crippen molar-refractivity contribution in [2.24, 2.45) is 29.1 Å². The molecule has 30 heavy (non-hydrogen) atoms. The van der Waals surface area contributed by atoms with Gasteiger partial charge in [-0.15, -0.1) is 0 Å². The Bertz CT molecular complexity index is 943. The molecule has 2 unspecified atom stereocenters. The molecule has 0 amide bonds. The molecule has 2 heterocycles. The molecule has 3 heteroatoms. The zero-order chi connectivity index (χ0) is 19.7. The monoisotopic (exact) mass is 401 g/mol. The second-order valence-corrected chi connectivity index (χ2v) is 10.7. The van der Waals surface area contributed by atoms with Gasteiger partial charge >= 0.3 is 0 Å². The molecular formula is C27H31NO2. The highest BCUT2D eigenvalue weighted by atomic mass is 16.5. The third-order valence-electron chi connectivity index (χ3n) is 9.09. The van der Waals surface area contributed by atoms with E-state index in [0.717, 1.165) is 35.9 Å². The van der Waals surface area contributed by atoms with E-state index in [0.29, 0.717) is 17.4 Å². The predicted molar refractivity (Wildman–Crippen MR) is 118 cm³/mol. The maximum atomic E-state index is 6.49. The Hall–Kier alpha value is -2.00. The number of benzene rings is 2. The molecular weight excluding hydrogens is 370 g/mol. The average Bonchev–Trinajstić information content (AvgIpc) is 3.18. The van der Waals surface area contributed by atoms with E-state index in [2.05, 4.69) is 23.5 Å². The van der Waals surface area contributed by atoms with Crippen LogP contribution in [0.2, 0.25) is 0 Å². The lowest BCUT2D eigenvalue weighted by molar-refractivity contribution is -0.0593. The number of fused-ring (bicyclic) bond motifs is 3. The van der Waals surface area contributed by atoms with Crippen molar-refractivity contribution in [3.63, 3.8) is 0 Å². The van der Waals surface area contributed by atoms with E-state index in [9.17, 15) is 0 Å². The Morgan fingerprint density at radius 2 is 1.77 bits per heavy atom. The fraction of sp³-hybridized carbons (Fsp3) is 0.556. The van der Waals surface area contributed by atoms with E-state index in [1.54, 1.807) is 0 Å². The van der Waals surface area contributed by atoms with Crippen LogP contribution >= 0.6 is 0 Å². The Morgan fingerprint density at radius 1 is 0.933 bits per heavy atom. The Labute approximate surface area is 179 Å². The second kappa shape index (κ2) is 6.50. The van der Waals surface area contributed by atoms with Crippen LogP contribution in [-0.2, 0) is 4.74 Å². The highest BCUT2D eigenvalue weighted by Gasteiger charge is 2.63. The molecule has 6 aliphatic rings. The van der Waals surface area contributed by atoms with Crippen molar-refractivity contribution in [2.75, 3.05) is 11.9 Å². The van der Waals surface area contributed by atoms with E-state index >= 15 is 0 Å². The summed E-state index contributed by atoms with van der Waals surface area (Å²) in [6.07, 6.45) is 10.1. The van der Waals surface area contributed by atoms with Gasteiger partial charge in [0.05, 0.1) is 6.10 Å². The largest absolute Gasteiger partial charge is 0.457 e. The quantitative estimate of drug-likeness (QED) is 0.631. The van der Waals surface area contributed by atoms with Gasteiger partial charge in [-0.25, -0.2) is 0 Å². The van der Waals surface area contributed by atoms with Gasteiger partial charge in [0, 0.05) is 29.8 Å². The summed E-state index contributed by atoms with van der Waals surface area (Å²) in [6, 6.07) is 17.2. The summed E-state index contributed by atoms with van der Waals surface area (Å²) in [4.78, 5) is 0. The third kappa shape index (κ3) is 2.54. The number of ether oxygens (including phenoxy) is 2. The van der Waals surface area contributed by atoms with Gasteiger partial charge in [0.1, 0.15) is 11.5 Å². The molecule has 4 bridgehead atoms. The maximum Gasteiger partial charge on any atom is 0.127 e. The lowest BCUT2D eigenvalue weighted by Crippen LogP contribution is -2.52. The minimum absolute atomic E-state index is 0.215. The molecule has 2 aliphatic heterocycles. The van der Waals surface area contributed by atoms with Crippen molar-refractivity contribution in [2.45, 2.75) is 57.1 Å². The Balaban J connectivity index is 1.25. The molecule has 5 atom stereocenters. The van der Waals surface area contributed by atoms with Crippen LogP contribution in [0.1, 0.15) is 56.6 Å². The Morgan fingerprint density at radius 3 is 2.60 bits per heavy atom. The van der Waals surface area contributed by atoms with Gasteiger partial charge in [-0.05, 0) is 98.4 Å². The first-order valence-corrected chi connectivity index (χ1v) is 12.0. The molecule has 5 fully saturated rings. The summed E-state index contributed by atoms with van der Waals surface area (Å²) in [5.41, 5.74) is 3.11. The first-order valence-electron chi connectivity index (χ1n) is 12.0. The van der Waals surface area contributed by atoms with Crippen LogP contribution in [0.4, 0.5) is 5.69 Å². The van der Waals surface area contributed by atoms with E-state index in [4.69, 9.17) is 9.47 Å². The minimum Gasteiger partial charge on any atom is -0.457 e. The van der Waals surface area contributed by atoms with Crippen LogP contribution in [0.25, 0.3) is 0 Å². The summed E-state index contributed by atoms with van der Waals surface area (Å²) < 4.78 is 12.6. The molecule has 0 spiro atoms. The molecule has 0 aromatic heterocycles. The number of nitrogens with one attached hydrogen (secondary N) is 1. The highest BCUT2D eigenvalue weighted by molar-refractivity contribution is 5.59. The van der Waals surface area contributed by atoms with Crippen molar-refractivity contribution in [1.82, 2.24) is 0 Å². The van der Waals surface area contributed by atoms with Crippen LogP contribution in [0.3, 0.4) is 0 Å². The van der Waals surface area contributed by atoms with E-state index in [1.807, 2.05) is 30.3 Å². The molecule has 4 saturated carbocycles. The molecule has 0 radical (unpaired) electrons. The van der Waals surface area contributed by atoms with Gasteiger partial charge in [0.15, 0.2) is 0 Å². The molecule has 8 rings (SSSR count). The number of hydrogen-bond acceptors (Lipinski definition) is 3. The van der Waals surface area contributed by atoms with Crippen LogP contribution in [0, 0.1) is 29.1 Å². The lowest BCUT2D eigenvalue weighted by Gasteiger charge is -2.51. The van der Waals surface area contributed by atoms with E-state index in [1.165, 1.54) is 56.2 Å². The first kappa shape index (κ1) is 17.7. The van der Waals surface area contributed by atoms with E-state index < -0.39 is 0 Å². The molecule has 4 aliphatic carbocycles. The van der Waals surface area contributed by atoms with Crippen LogP contribution in [0.15, 0.2) is 48.5 Å². The van der Waals surface area contributed by atoms with Crippen molar-refractivity contribution in [1.29, 1.82) is 0 Å². The number of para-hydroxylation sites is 1. The third-order valence-corrected chi connectivity index (χ3v) is 9.09. The lowest BCUT2D eigenvalue weighted by atomic mass is 9.63. The first-order chi connectivity index (χ1) is 14.8. The van der Waals surface area contributed by atoms with Crippen molar-refractivity contribution < 1.29 is 9.47 Å². The fourth-order valence-corrected chi connectivity index (χ4v) is 8.27. The summed E-state index contributed by atoms with van der Waals surface area (Å²) in [5, 5.41) is 4.10. The van der Waals surface area contributed by atoms with E-state index in [-0.39, 0.29) is 6.10 Å². The maximum absolute atomic E-state index is 6.49. The van der Waals surface area contributed by atoms with Gasteiger partial charge in [0.2, 0.25) is 0 Å². The molecule has 2 aromatic rings. The molecule has 3 nitrogen and oxygen atoms in total. The summed E-state index contributed by atoms with van der Waals surface area (Å²) in [7, 11) is 0. The normalized spacial score (nSPS) is 40.5. The standard InChI is InChI=1S/C27H31NO2/c1-2-5-20(6-3-1)30-21-8-9-24-23(14-21)25-22(7-4-10-29-25)26(28-24)27-15-17-11-18(16-27)13-19(27)12-17/h1-3,5-6,8-9,14,17-19,22,25-26,28H,4,7,10-13,15-16H2/t17?,18?,19?,22-,25+,26+,27?/m1/s1. The number of rotatable bonds is 3. The van der Waals surface area contributed by atoms with Crippen molar-refractivity contribution in [3.8, 4) is 11.5 Å². The number of hydrogen-bond donors (Lipinski definition) is 1. The smallest absolute Gasteiger partial charge is 0.127 e. The number of anilines is 1. The summed E-state index contributed by atoms with van der Waals surface area (Å²) >= 11 is 0. The highest BCUT2D eigenvalue weighted by Crippen LogP contribution is 2.69. The van der Waals surface area contributed by atoms with Crippen molar-refractivity contribution in [3.05, 3.63) is 54.1 Å². The molecule has 1 saturated heterocycles. The Kier molecular flexibility index (Phi) is 3.82. The van der Waals surface area contributed by atoms with Gasteiger partial charge < -0.3 is 14.8 Å². The second-order valence-electron chi connectivity index (χ2n) is 10.7. The minimum atomic E-state index is 0.215. The van der Waals surface area contributed by atoms with Crippen LogP contribution in [-0.4, -0.2) is 12.6 Å². The fourth-order valence-electron chi connectivity index (χ4n) is 8.27. The predicted octanol–water partition coefficient (Wildman–Crippen LogP) is 6.57. The van der Waals surface area contributed by atoms with Crippen molar-refractivity contribution >= 4 is 5.69 Å². The summed E-state index contributed by atoms with van der Waals surface area (Å²) in [6.45, 7) is 0.888. The molecule has 2 aromatic carbocycles. The topological polar surface area (TPSA) is 30.5 Å².